The molecule has 4 saturated carbocycles. The topological polar surface area (TPSA) is 3.24 Å². The third-order valence-electron chi connectivity index (χ3n) is 14.8. The van der Waals surface area contributed by atoms with Crippen molar-refractivity contribution in [3.8, 4) is 22.3 Å². The summed E-state index contributed by atoms with van der Waals surface area (Å²) >= 11 is 0. The monoisotopic (exact) mass is 637 g/mol. The van der Waals surface area contributed by atoms with E-state index in [9.17, 15) is 0 Å². The van der Waals surface area contributed by atoms with Crippen molar-refractivity contribution in [3.05, 3.63) is 138 Å². The molecule has 8 atom stereocenters. The third-order valence-corrected chi connectivity index (χ3v) is 14.8. The summed E-state index contributed by atoms with van der Waals surface area (Å²) < 4.78 is 0. The number of anilines is 3. The van der Waals surface area contributed by atoms with Crippen molar-refractivity contribution < 1.29 is 0 Å². The Hall–Kier alpha value is -4.10. The van der Waals surface area contributed by atoms with E-state index < -0.39 is 0 Å². The second kappa shape index (κ2) is 10.2. The van der Waals surface area contributed by atoms with Gasteiger partial charge in [0.25, 0.3) is 0 Å². The van der Waals surface area contributed by atoms with Crippen LogP contribution in [0.2, 0.25) is 0 Å². The van der Waals surface area contributed by atoms with E-state index in [4.69, 9.17) is 0 Å². The summed E-state index contributed by atoms with van der Waals surface area (Å²) in [5.41, 5.74) is 16.4. The van der Waals surface area contributed by atoms with Crippen molar-refractivity contribution in [2.75, 3.05) is 4.90 Å². The quantitative estimate of drug-likeness (QED) is 0.190. The molecular weight excluding hydrogens is 591 g/mol. The lowest BCUT2D eigenvalue weighted by Crippen LogP contribution is -2.49. The predicted molar refractivity (Wildman–Crippen MR) is 203 cm³/mol. The molecule has 5 aromatic carbocycles. The highest BCUT2D eigenvalue weighted by Gasteiger charge is 2.58. The molecule has 6 aliphatic rings. The number of hydrogen-bond donors (Lipinski definition) is 0. The Morgan fingerprint density at radius 1 is 0.531 bits per heavy atom. The number of hydrogen-bond acceptors (Lipinski definition) is 1. The summed E-state index contributed by atoms with van der Waals surface area (Å²) in [5.74, 6) is 4.62. The number of para-hydroxylation sites is 1. The van der Waals surface area contributed by atoms with Gasteiger partial charge >= 0.3 is 0 Å². The van der Waals surface area contributed by atoms with Crippen LogP contribution in [0.3, 0.4) is 0 Å². The maximum atomic E-state index is 2.66. The Morgan fingerprint density at radius 2 is 1.27 bits per heavy atom. The molecule has 2 unspecified atom stereocenters. The molecule has 0 amide bonds. The van der Waals surface area contributed by atoms with Gasteiger partial charge in [0, 0.05) is 27.8 Å². The molecule has 0 heterocycles. The van der Waals surface area contributed by atoms with Crippen LogP contribution in [0.1, 0.15) is 87.5 Å². The van der Waals surface area contributed by atoms with Crippen LogP contribution < -0.4 is 4.90 Å². The number of fused-ring (bicyclic) bond motifs is 16. The van der Waals surface area contributed by atoms with Gasteiger partial charge in [0.1, 0.15) is 0 Å². The highest BCUT2D eigenvalue weighted by atomic mass is 15.1. The van der Waals surface area contributed by atoms with Gasteiger partial charge < -0.3 is 4.90 Å². The van der Waals surface area contributed by atoms with Gasteiger partial charge in [-0.15, -0.1) is 0 Å². The molecule has 4 fully saturated rings. The van der Waals surface area contributed by atoms with Gasteiger partial charge in [-0.1, -0.05) is 105 Å². The molecule has 5 aromatic rings. The summed E-state index contributed by atoms with van der Waals surface area (Å²) in [7, 11) is 0. The lowest BCUT2D eigenvalue weighted by atomic mass is 9.49. The molecule has 0 aliphatic heterocycles. The first kappa shape index (κ1) is 28.7. The first-order chi connectivity index (χ1) is 24.1. The number of nitrogens with zero attached hydrogens (tertiary/aromatic N) is 1. The van der Waals surface area contributed by atoms with Gasteiger partial charge in [-0.2, -0.15) is 0 Å². The van der Waals surface area contributed by atoms with Crippen LogP contribution in [0, 0.1) is 35.5 Å². The van der Waals surface area contributed by atoms with Crippen LogP contribution in [0.4, 0.5) is 17.1 Å². The SMILES string of the molecule is C[C@@H]1CC2C[C@H](C1)[C@@]1(c3ccccc3-c3ccc(N(c4ccccc4)c4cccc5c4-c4ccccc4[C@@]54CC5CC[C@@H]4C5)cc31)[C@@H](C)C2. The zero-order chi connectivity index (χ0) is 32.5. The summed E-state index contributed by atoms with van der Waals surface area (Å²) in [6.07, 6.45) is 11.0. The molecule has 0 radical (unpaired) electrons. The Balaban J connectivity index is 1.15. The minimum Gasteiger partial charge on any atom is -0.310 e. The van der Waals surface area contributed by atoms with Gasteiger partial charge in [-0.3, -0.25) is 0 Å². The van der Waals surface area contributed by atoms with E-state index in [1.807, 2.05) is 0 Å². The number of benzene rings is 5. The van der Waals surface area contributed by atoms with E-state index in [1.54, 1.807) is 22.3 Å². The van der Waals surface area contributed by atoms with E-state index in [1.165, 1.54) is 90.7 Å². The van der Waals surface area contributed by atoms with Gasteiger partial charge in [0.2, 0.25) is 0 Å². The Labute approximate surface area is 292 Å². The summed E-state index contributed by atoms with van der Waals surface area (Å²) in [5, 5.41) is 0. The zero-order valence-electron chi connectivity index (χ0n) is 29.0. The van der Waals surface area contributed by atoms with Crippen LogP contribution in [0.15, 0.2) is 115 Å². The average Bonchev–Trinajstić information content (AvgIpc) is 3.88. The number of rotatable bonds is 3. The van der Waals surface area contributed by atoms with Gasteiger partial charge in [-0.05, 0) is 150 Å². The molecule has 1 heteroatoms. The highest BCUT2D eigenvalue weighted by molar-refractivity contribution is 5.96. The van der Waals surface area contributed by atoms with E-state index in [2.05, 4.69) is 134 Å². The maximum Gasteiger partial charge on any atom is 0.0543 e. The summed E-state index contributed by atoms with van der Waals surface area (Å²) in [6.45, 7) is 5.12. The minimum absolute atomic E-state index is 0.0772. The van der Waals surface area contributed by atoms with Gasteiger partial charge in [0.05, 0.1) is 5.69 Å². The van der Waals surface area contributed by atoms with Crippen molar-refractivity contribution >= 4 is 17.1 Å². The average molecular weight is 638 g/mol. The normalized spacial score (nSPS) is 32.6. The third kappa shape index (κ3) is 3.67. The second-order valence-corrected chi connectivity index (χ2v) is 17.1. The fourth-order valence-electron chi connectivity index (χ4n) is 13.5. The van der Waals surface area contributed by atoms with Crippen molar-refractivity contribution in [2.45, 2.75) is 76.0 Å². The van der Waals surface area contributed by atoms with Crippen molar-refractivity contribution in [1.29, 1.82) is 0 Å². The Bertz CT molecular complexity index is 2120. The van der Waals surface area contributed by atoms with E-state index in [0.29, 0.717) is 11.8 Å². The highest BCUT2D eigenvalue weighted by Crippen LogP contribution is 2.68. The first-order valence-electron chi connectivity index (χ1n) is 19.4. The predicted octanol–water partition coefficient (Wildman–Crippen LogP) is 12.6. The first-order valence-corrected chi connectivity index (χ1v) is 19.4. The molecule has 1 nitrogen and oxygen atoms in total. The fraction of sp³-hybridized carbons (Fsp3) is 0.375. The van der Waals surface area contributed by atoms with E-state index in [-0.39, 0.29) is 10.8 Å². The maximum absolute atomic E-state index is 2.66. The molecule has 0 N–H and O–H groups in total. The van der Waals surface area contributed by atoms with E-state index >= 15 is 0 Å². The Kier molecular flexibility index (Phi) is 5.99. The van der Waals surface area contributed by atoms with Crippen molar-refractivity contribution in [3.63, 3.8) is 0 Å². The lowest BCUT2D eigenvalue weighted by molar-refractivity contribution is 0.0426. The summed E-state index contributed by atoms with van der Waals surface area (Å²) in [6, 6.07) is 45.1. The second-order valence-electron chi connectivity index (χ2n) is 17.1. The molecule has 6 aliphatic carbocycles. The van der Waals surface area contributed by atoms with Crippen molar-refractivity contribution in [2.24, 2.45) is 35.5 Å². The van der Waals surface area contributed by atoms with Crippen LogP contribution in [-0.2, 0) is 10.8 Å². The fourth-order valence-corrected chi connectivity index (χ4v) is 13.5. The van der Waals surface area contributed by atoms with Crippen LogP contribution in [0.25, 0.3) is 22.3 Å². The molecule has 11 rings (SSSR count). The van der Waals surface area contributed by atoms with Crippen LogP contribution in [0.5, 0.6) is 0 Å². The van der Waals surface area contributed by atoms with Gasteiger partial charge in [0.15, 0.2) is 0 Å². The van der Waals surface area contributed by atoms with Crippen LogP contribution in [-0.4, -0.2) is 0 Å². The lowest BCUT2D eigenvalue weighted by Gasteiger charge is -2.54. The molecule has 49 heavy (non-hydrogen) atoms. The smallest absolute Gasteiger partial charge is 0.0543 e. The molecule has 0 aromatic heterocycles. The van der Waals surface area contributed by atoms with Gasteiger partial charge in [-0.25, -0.2) is 0 Å². The minimum atomic E-state index is 0.0772. The molecule has 2 spiro atoms. The standard InChI is InChI=1S/C48H47N/c1-30-23-33-25-31(2)48(35(24-30)27-33)42-16-9-6-13-38(42)39-22-21-37(28-44(39)48)49(36-11-4-3-5-12-36)45-18-10-17-43-46(45)40-14-7-8-15-41(40)47(43)29-32-19-20-34(47)26-32/h3-18,21-22,28,30-35H,19-20,23-27,29H2,1-2H3/t30-,31+,32?,33?,34-,35+,47+,48-/m1/s1. The van der Waals surface area contributed by atoms with E-state index in [0.717, 1.165) is 23.7 Å². The summed E-state index contributed by atoms with van der Waals surface area (Å²) in [4.78, 5) is 2.62. The van der Waals surface area contributed by atoms with Crippen molar-refractivity contribution in [1.82, 2.24) is 0 Å². The Morgan fingerprint density at radius 3 is 2.08 bits per heavy atom. The molecule has 0 saturated heterocycles. The molecule has 4 bridgehead atoms. The zero-order valence-corrected chi connectivity index (χ0v) is 29.0. The molecular formula is C48H47N. The molecule has 244 valence electrons. The largest absolute Gasteiger partial charge is 0.310 e. The van der Waals surface area contributed by atoms with Crippen LogP contribution >= 0.6 is 0 Å².